The Bertz CT molecular complexity index is 745. The van der Waals surface area contributed by atoms with Gasteiger partial charge in [0, 0.05) is 32.3 Å². The largest absolute Gasteiger partial charge is 0.465 e. The molecule has 0 unspecified atom stereocenters. The molecule has 1 aromatic heterocycles. The molecule has 0 amide bonds. The Morgan fingerprint density at radius 1 is 0.824 bits per heavy atom. The van der Waals surface area contributed by atoms with Crippen molar-refractivity contribution < 1.29 is 38.1 Å². The molecule has 1 aromatic rings. The van der Waals surface area contributed by atoms with Crippen LogP contribution < -0.4 is 0 Å². The zero-order chi connectivity index (χ0) is 25.2. The fourth-order valence-electron chi connectivity index (χ4n) is 2.85. The lowest BCUT2D eigenvalue weighted by Crippen LogP contribution is -2.23. The van der Waals surface area contributed by atoms with Crippen molar-refractivity contribution in [3.05, 3.63) is 29.6 Å². The zero-order valence-corrected chi connectivity index (χ0v) is 20.9. The van der Waals surface area contributed by atoms with Gasteiger partial charge in [0.2, 0.25) is 0 Å². The molecule has 0 aliphatic rings. The highest BCUT2D eigenvalue weighted by atomic mass is 16.6. The summed E-state index contributed by atoms with van der Waals surface area (Å²) in [6.07, 6.45) is 5.14. The summed E-state index contributed by atoms with van der Waals surface area (Å²) in [6.45, 7) is 8.65. The molecule has 0 atom stereocenters. The number of ketones is 1. The Hall–Kier alpha value is -2.36. The highest BCUT2D eigenvalue weighted by Crippen LogP contribution is 2.10. The number of hydrogen-bond acceptors (Lipinski definition) is 9. The van der Waals surface area contributed by atoms with Gasteiger partial charge >= 0.3 is 11.9 Å². The SMILES string of the molecule is COC(=O)c1ccnc(C(=O)CCCCOCCOCCOCCCCC(=O)OC(C)(C)C)c1. The van der Waals surface area contributed by atoms with Gasteiger partial charge in [-0.05, 0) is 58.6 Å². The average Bonchev–Trinajstić information content (AvgIpc) is 2.79. The molecule has 0 spiro atoms. The van der Waals surface area contributed by atoms with Gasteiger partial charge in [0.15, 0.2) is 5.78 Å². The maximum Gasteiger partial charge on any atom is 0.337 e. The first-order valence-corrected chi connectivity index (χ1v) is 11.8. The molecule has 9 heteroatoms. The lowest BCUT2D eigenvalue weighted by atomic mass is 10.1. The van der Waals surface area contributed by atoms with E-state index in [0.29, 0.717) is 64.5 Å². The highest BCUT2D eigenvalue weighted by molar-refractivity contribution is 5.97. The van der Waals surface area contributed by atoms with E-state index in [1.54, 1.807) is 0 Å². The quantitative estimate of drug-likeness (QED) is 0.176. The number of esters is 2. The third kappa shape index (κ3) is 14.7. The van der Waals surface area contributed by atoms with E-state index in [2.05, 4.69) is 9.72 Å². The molecular weight excluding hydrogens is 442 g/mol. The first-order chi connectivity index (χ1) is 16.2. The van der Waals surface area contributed by atoms with E-state index in [-0.39, 0.29) is 17.4 Å². The molecule has 1 rings (SSSR count). The normalized spacial score (nSPS) is 11.3. The van der Waals surface area contributed by atoms with Crippen LogP contribution in [0.1, 0.15) is 80.1 Å². The summed E-state index contributed by atoms with van der Waals surface area (Å²) in [4.78, 5) is 39.3. The molecule has 0 aliphatic heterocycles. The van der Waals surface area contributed by atoms with Crippen LogP contribution in [0.4, 0.5) is 0 Å². The van der Waals surface area contributed by atoms with Crippen molar-refractivity contribution in [1.82, 2.24) is 4.98 Å². The summed E-state index contributed by atoms with van der Waals surface area (Å²) in [5.41, 5.74) is 0.141. The van der Waals surface area contributed by atoms with E-state index in [1.807, 2.05) is 20.8 Å². The third-order valence-corrected chi connectivity index (χ3v) is 4.49. The van der Waals surface area contributed by atoms with Crippen LogP contribution in [0.3, 0.4) is 0 Å². The Labute approximate surface area is 202 Å². The Kier molecular flexibility index (Phi) is 14.9. The molecule has 192 valence electrons. The minimum absolute atomic E-state index is 0.112. The van der Waals surface area contributed by atoms with Crippen molar-refractivity contribution in [2.24, 2.45) is 0 Å². The number of ether oxygens (including phenoxy) is 5. The third-order valence-electron chi connectivity index (χ3n) is 4.49. The van der Waals surface area contributed by atoms with Crippen LogP contribution in [-0.2, 0) is 28.5 Å². The average molecular weight is 482 g/mol. The number of hydrogen-bond donors (Lipinski definition) is 0. The maximum atomic E-state index is 12.2. The molecule has 0 radical (unpaired) electrons. The molecular formula is C25H39NO8. The number of Topliss-reactive ketones (excluding diaryl/α,β-unsaturated/α-hetero) is 1. The van der Waals surface area contributed by atoms with Gasteiger partial charge in [-0.15, -0.1) is 0 Å². The molecule has 0 aromatic carbocycles. The van der Waals surface area contributed by atoms with E-state index in [0.717, 1.165) is 19.3 Å². The van der Waals surface area contributed by atoms with Gasteiger partial charge in [0.25, 0.3) is 0 Å². The first kappa shape index (κ1) is 29.7. The summed E-state index contributed by atoms with van der Waals surface area (Å²) in [6, 6.07) is 2.97. The second kappa shape index (κ2) is 17.1. The van der Waals surface area contributed by atoms with Crippen molar-refractivity contribution in [1.29, 1.82) is 0 Å². The van der Waals surface area contributed by atoms with Gasteiger partial charge in [0.1, 0.15) is 11.3 Å². The second-order valence-electron chi connectivity index (χ2n) is 8.68. The number of pyridine rings is 1. The summed E-state index contributed by atoms with van der Waals surface area (Å²) in [5.74, 6) is -0.780. The molecule has 0 bridgehead atoms. The summed E-state index contributed by atoms with van der Waals surface area (Å²) >= 11 is 0. The van der Waals surface area contributed by atoms with Crippen LogP contribution in [0, 0.1) is 0 Å². The van der Waals surface area contributed by atoms with Gasteiger partial charge in [-0.2, -0.15) is 0 Å². The lowest BCUT2D eigenvalue weighted by Gasteiger charge is -2.19. The van der Waals surface area contributed by atoms with Gasteiger partial charge in [-0.3, -0.25) is 14.6 Å². The number of unbranched alkanes of at least 4 members (excludes halogenated alkanes) is 2. The molecule has 0 fully saturated rings. The highest BCUT2D eigenvalue weighted by Gasteiger charge is 2.15. The van der Waals surface area contributed by atoms with Crippen molar-refractivity contribution in [3.63, 3.8) is 0 Å². The predicted octanol–water partition coefficient (Wildman–Crippen LogP) is 3.78. The van der Waals surface area contributed by atoms with E-state index >= 15 is 0 Å². The Morgan fingerprint density at radius 3 is 1.94 bits per heavy atom. The van der Waals surface area contributed by atoms with E-state index in [1.165, 1.54) is 25.4 Å². The zero-order valence-electron chi connectivity index (χ0n) is 20.9. The van der Waals surface area contributed by atoms with Gasteiger partial charge in [0.05, 0.1) is 39.1 Å². The van der Waals surface area contributed by atoms with E-state index in [4.69, 9.17) is 18.9 Å². The number of rotatable bonds is 18. The van der Waals surface area contributed by atoms with Crippen LogP contribution in [0.5, 0.6) is 0 Å². The van der Waals surface area contributed by atoms with Crippen molar-refractivity contribution in [2.45, 2.75) is 64.9 Å². The van der Waals surface area contributed by atoms with Crippen LogP contribution in [0.15, 0.2) is 18.3 Å². The lowest BCUT2D eigenvalue weighted by molar-refractivity contribution is -0.155. The van der Waals surface area contributed by atoms with E-state index in [9.17, 15) is 14.4 Å². The topological polar surface area (TPSA) is 110 Å². The van der Waals surface area contributed by atoms with Gasteiger partial charge in [-0.1, -0.05) is 0 Å². The smallest absolute Gasteiger partial charge is 0.337 e. The maximum absolute atomic E-state index is 12.2. The number of carbonyl (C=O) groups excluding carboxylic acids is 3. The van der Waals surface area contributed by atoms with Crippen LogP contribution in [0.2, 0.25) is 0 Å². The van der Waals surface area contributed by atoms with Crippen LogP contribution in [0.25, 0.3) is 0 Å². The fourth-order valence-corrected chi connectivity index (χ4v) is 2.85. The van der Waals surface area contributed by atoms with Crippen molar-refractivity contribution >= 4 is 17.7 Å². The molecule has 0 saturated carbocycles. The van der Waals surface area contributed by atoms with Gasteiger partial charge in [-0.25, -0.2) is 4.79 Å². The van der Waals surface area contributed by atoms with Crippen LogP contribution >= 0.6 is 0 Å². The molecule has 0 saturated heterocycles. The number of nitrogens with zero attached hydrogens (tertiary/aromatic N) is 1. The predicted molar refractivity (Wildman–Crippen MR) is 126 cm³/mol. The number of methoxy groups -OCH3 is 1. The number of aromatic nitrogens is 1. The monoisotopic (exact) mass is 481 g/mol. The Morgan fingerprint density at radius 2 is 1.38 bits per heavy atom. The summed E-state index contributed by atoms with van der Waals surface area (Å²) in [5, 5.41) is 0. The van der Waals surface area contributed by atoms with Crippen LogP contribution in [-0.4, -0.2) is 75.1 Å². The van der Waals surface area contributed by atoms with Crippen molar-refractivity contribution in [2.75, 3.05) is 46.8 Å². The molecule has 34 heavy (non-hydrogen) atoms. The molecule has 0 aliphatic carbocycles. The minimum Gasteiger partial charge on any atom is -0.465 e. The molecule has 9 nitrogen and oxygen atoms in total. The fraction of sp³-hybridized carbons (Fsp3) is 0.680. The minimum atomic E-state index is -0.492. The standard InChI is InChI=1S/C25H39NO8/c1-25(2,3)34-23(28)10-6-8-14-32-16-18-33-17-15-31-13-7-5-9-22(27)21-19-20(11-12-26-21)24(29)30-4/h11-12,19H,5-10,13-18H2,1-4H3. The molecule has 1 heterocycles. The molecule has 0 N–H and O–H groups in total. The summed E-state index contributed by atoms with van der Waals surface area (Å²) in [7, 11) is 1.29. The van der Waals surface area contributed by atoms with E-state index < -0.39 is 11.6 Å². The summed E-state index contributed by atoms with van der Waals surface area (Å²) < 4.78 is 26.3. The number of carbonyl (C=O) groups is 3. The second-order valence-corrected chi connectivity index (χ2v) is 8.68. The van der Waals surface area contributed by atoms with Crippen molar-refractivity contribution in [3.8, 4) is 0 Å². The first-order valence-electron chi connectivity index (χ1n) is 11.8. The van der Waals surface area contributed by atoms with Gasteiger partial charge < -0.3 is 23.7 Å². The Balaban J connectivity index is 1.91.